The van der Waals surface area contributed by atoms with Gasteiger partial charge in [-0.2, -0.15) is 0 Å². The Morgan fingerprint density at radius 3 is 2.49 bits per heavy atom. The van der Waals surface area contributed by atoms with E-state index in [1.165, 1.54) is 23.8 Å². The minimum absolute atomic E-state index is 0.0977. The lowest BCUT2D eigenvalue weighted by Crippen LogP contribution is -2.29. The number of aryl methyl sites for hydroxylation is 1. The molecule has 0 spiro atoms. The minimum atomic E-state index is -1.05. The Morgan fingerprint density at radius 2 is 1.75 bits per heavy atom. The van der Waals surface area contributed by atoms with Gasteiger partial charge in [0, 0.05) is 21.4 Å². The third-order valence-corrected chi connectivity index (χ3v) is 11.2. The van der Waals surface area contributed by atoms with Crippen LogP contribution in [0.25, 0.3) is 5.76 Å². The Kier molecular flexibility index (Phi) is 12.6. The molecule has 6 rings (SSSR count). The average Bonchev–Trinajstić information content (AvgIpc) is 3.73. The minimum Gasteiger partial charge on any atom is -0.507 e. The van der Waals surface area contributed by atoms with E-state index >= 15 is 0 Å². The molecule has 1 saturated heterocycles. The summed E-state index contributed by atoms with van der Waals surface area (Å²) >= 11 is 15.0. The highest BCUT2D eigenvalue weighted by Gasteiger charge is 2.48. The number of ketones is 1. The predicted molar refractivity (Wildman–Crippen MR) is 211 cm³/mol. The van der Waals surface area contributed by atoms with Crippen molar-refractivity contribution in [1.29, 1.82) is 0 Å². The van der Waals surface area contributed by atoms with Gasteiger partial charge in [0.15, 0.2) is 15.8 Å². The van der Waals surface area contributed by atoms with Crippen molar-refractivity contribution in [2.45, 2.75) is 55.9 Å². The van der Waals surface area contributed by atoms with Crippen LogP contribution in [-0.4, -0.2) is 40.7 Å². The number of aromatic nitrogens is 2. The van der Waals surface area contributed by atoms with Gasteiger partial charge >= 0.3 is 5.91 Å². The standard InChI is InChI=1S/C40H37Cl2N3O6S2/c1-4-5-6-18-50-32-17-13-27(20-33(32)49-3)35-34(36(46)26-11-15-30(16-12-26)51-22-25-9-7-8-24(2)19-25)37(47)38(48)45(35)39-43-44-40(53-39)52-23-28-10-14-29(41)21-31(28)42/h7-17,19-21,35,46H,4-6,18,22-23H2,1-3H3/b36-34+. The average molecular weight is 791 g/mol. The quantitative estimate of drug-likeness (QED) is 0.0277. The summed E-state index contributed by atoms with van der Waals surface area (Å²) in [7, 11) is 1.53. The number of amides is 1. The zero-order chi connectivity index (χ0) is 37.5. The molecule has 53 heavy (non-hydrogen) atoms. The third-order valence-electron chi connectivity index (χ3n) is 8.54. The van der Waals surface area contributed by atoms with Crippen LogP contribution in [0.5, 0.6) is 17.2 Å². The first kappa shape index (κ1) is 38.2. The van der Waals surface area contributed by atoms with Gasteiger partial charge in [0.05, 0.1) is 25.3 Å². The van der Waals surface area contributed by atoms with Gasteiger partial charge in [-0.25, -0.2) is 0 Å². The van der Waals surface area contributed by atoms with E-state index in [-0.39, 0.29) is 16.5 Å². The molecule has 1 fully saturated rings. The number of hydrogen-bond donors (Lipinski definition) is 1. The Labute approximate surface area is 326 Å². The van der Waals surface area contributed by atoms with Crippen LogP contribution in [0.15, 0.2) is 94.8 Å². The summed E-state index contributed by atoms with van der Waals surface area (Å²) in [6.45, 7) is 5.02. The third kappa shape index (κ3) is 8.98. The van der Waals surface area contributed by atoms with Crippen molar-refractivity contribution >= 4 is 68.9 Å². The molecule has 1 amide bonds. The van der Waals surface area contributed by atoms with Crippen molar-refractivity contribution < 1.29 is 28.9 Å². The number of Topliss-reactive ketones (excluding diaryl/α,β-unsaturated/α-hetero) is 1. The Bertz CT molecular complexity index is 2140. The number of carbonyl (C=O) groups excluding carboxylic acids is 2. The summed E-state index contributed by atoms with van der Waals surface area (Å²) in [5.41, 5.74) is 3.77. The van der Waals surface area contributed by atoms with Crippen LogP contribution in [-0.2, 0) is 21.9 Å². The van der Waals surface area contributed by atoms with Gasteiger partial charge in [0.25, 0.3) is 5.78 Å². The maximum atomic E-state index is 13.9. The SMILES string of the molecule is CCCCCOc1ccc(C2/C(=C(\O)c3ccc(OCc4cccc(C)c4)cc3)C(=O)C(=O)N2c2nnc(SCc3ccc(Cl)cc3Cl)s2)cc1OC. The van der Waals surface area contributed by atoms with Crippen LogP contribution in [0, 0.1) is 6.92 Å². The van der Waals surface area contributed by atoms with Crippen molar-refractivity contribution in [3.05, 3.63) is 128 Å². The number of aliphatic hydroxyl groups is 1. The van der Waals surface area contributed by atoms with E-state index in [2.05, 4.69) is 17.1 Å². The Balaban J connectivity index is 1.33. The Hall–Kier alpha value is -4.55. The van der Waals surface area contributed by atoms with Crippen molar-refractivity contribution in [2.75, 3.05) is 18.6 Å². The lowest BCUT2D eigenvalue weighted by Gasteiger charge is -2.23. The number of methoxy groups -OCH3 is 1. The fourth-order valence-electron chi connectivity index (χ4n) is 5.82. The number of unbranched alkanes of at least 4 members (excludes halogenated alkanes) is 2. The molecule has 1 N–H and O–H groups in total. The highest BCUT2D eigenvalue weighted by atomic mass is 35.5. The normalized spacial score (nSPS) is 15.2. The summed E-state index contributed by atoms with van der Waals surface area (Å²) in [5.74, 6) is -0.0249. The summed E-state index contributed by atoms with van der Waals surface area (Å²) in [5, 5.41) is 21.7. The molecule has 1 aliphatic heterocycles. The van der Waals surface area contributed by atoms with E-state index in [1.54, 1.807) is 54.6 Å². The van der Waals surface area contributed by atoms with Crippen LogP contribution in [0.1, 0.15) is 60.0 Å². The lowest BCUT2D eigenvalue weighted by molar-refractivity contribution is -0.132. The number of benzene rings is 4. The zero-order valence-electron chi connectivity index (χ0n) is 29.3. The molecular weight excluding hydrogens is 753 g/mol. The Morgan fingerprint density at radius 1 is 0.943 bits per heavy atom. The van der Waals surface area contributed by atoms with Crippen molar-refractivity contribution in [3.8, 4) is 17.2 Å². The number of ether oxygens (including phenoxy) is 3. The van der Waals surface area contributed by atoms with Crippen molar-refractivity contribution in [3.63, 3.8) is 0 Å². The second kappa shape index (κ2) is 17.5. The van der Waals surface area contributed by atoms with Crippen LogP contribution in [0.3, 0.4) is 0 Å². The van der Waals surface area contributed by atoms with Crippen LogP contribution in [0.4, 0.5) is 5.13 Å². The van der Waals surface area contributed by atoms with Gasteiger partial charge in [-0.05, 0) is 78.6 Å². The summed E-state index contributed by atoms with van der Waals surface area (Å²) < 4.78 is 18.2. The number of aliphatic hydroxyl groups excluding tert-OH is 1. The highest BCUT2D eigenvalue weighted by molar-refractivity contribution is 8.00. The van der Waals surface area contributed by atoms with Gasteiger partial charge in [-0.1, -0.05) is 108 Å². The maximum Gasteiger partial charge on any atom is 0.301 e. The number of anilines is 1. The molecule has 9 nitrogen and oxygen atoms in total. The molecule has 0 saturated carbocycles. The molecule has 1 aromatic heterocycles. The second-order valence-corrected chi connectivity index (χ2v) is 15.3. The smallest absolute Gasteiger partial charge is 0.301 e. The highest BCUT2D eigenvalue weighted by Crippen LogP contribution is 2.46. The van der Waals surface area contributed by atoms with E-state index < -0.39 is 17.7 Å². The topological polar surface area (TPSA) is 111 Å². The van der Waals surface area contributed by atoms with Crippen LogP contribution in [0.2, 0.25) is 10.0 Å². The van der Waals surface area contributed by atoms with E-state index in [1.807, 2.05) is 37.3 Å². The molecule has 13 heteroatoms. The first-order valence-corrected chi connectivity index (χ1v) is 19.5. The lowest BCUT2D eigenvalue weighted by atomic mass is 9.95. The molecule has 1 aliphatic rings. The number of thioether (sulfide) groups is 1. The fraction of sp³-hybridized carbons (Fsp3) is 0.250. The van der Waals surface area contributed by atoms with Crippen LogP contribution >= 0.6 is 46.3 Å². The molecule has 0 bridgehead atoms. The van der Waals surface area contributed by atoms with Gasteiger partial charge in [-0.15, -0.1) is 10.2 Å². The van der Waals surface area contributed by atoms with Crippen molar-refractivity contribution in [2.24, 2.45) is 0 Å². The fourth-order valence-corrected chi connectivity index (χ4v) is 8.25. The zero-order valence-corrected chi connectivity index (χ0v) is 32.5. The van der Waals surface area contributed by atoms with E-state index in [0.29, 0.717) is 61.7 Å². The molecule has 1 atom stereocenters. The molecular formula is C40H37Cl2N3O6S2. The van der Waals surface area contributed by atoms with Gasteiger partial charge < -0.3 is 19.3 Å². The number of carbonyl (C=O) groups is 2. The maximum absolute atomic E-state index is 13.9. The second-order valence-electron chi connectivity index (χ2n) is 12.3. The van der Waals surface area contributed by atoms with Crippen molar-refractivity contribution in [1.82, 2.24) is 10.2 Å². The predicted octanol–water partition coefficient (Wildman–Crippen LogP) is 10.2. The molecule has 0 radical (unpaired) electrons. The molecule has 274 valence electrons. The molecule has 0 aliphatic carbocycles. The summed E-state index contributed by atoms with van der Waals surface area (Å²) in [6.07, 6.45) is 2.98. The van der Waals surface area contributed by atoms with E-state index in [0.717, 1.165) is 47.3 Å². The van der Waals surface area contributed by atoms with Crippen LogP contribution < -0.4 is 19.1 Å². The summed E-state index contributed by atoms with van der Waals surface area (Å²) in [6, 6.07) is 24.2. The molecule has 4 aromatic carbocycles. The summed E-state index contributed by atoms with van der Waals surface area (Å²) in [4.78, 5) is 29.0. The molecule has 1 unspecified atom stereocenters. The van der Waals surface area contributed by atoms with Gasteiger partial charge in [0.1, 0.15) is 18.1 Å². The number of nitrogens with zero attached hydrogens (tertiary/aromatic N) is 3. The van der Waals surface area contributed by atoms with E-state index in [9.17, 15) is 14.7 Å². The molecule has 5 aromatic rings. The monoisotopic (exact) mass is 789 g/mol. The number of hydrogen-bond acceptors (Lipinski definition) is 10. The number of rotatable bonds is 15. The van der Waals surface area contributed by atoms with Gasteiger partial charge in [-0.3, -0.25) is 14.5 Å². The molecule has 2 heterocycles. The first-order chi connectivity index (χ1) is 25.7. The van der Waals surface area contributed by atoms with Gasteiger partial charge in [0.2, 0.25) is 5.13 Å². The first-order valence-electron chi connectivity index (χ1n) is 17.0. The van der Waals surface area contributed by atoms with E-state index in [4.69, 9.17) is 37.4 Å². The largest absolute Gasteiger partial charge is 0.507 e. The number of halogens is 2.